The van der Waals surface area contributed by atoms with Crippen molar-refractivity contribution in [1.82, 2.24) is 5.43 Å². The first-order valence-corrected chi connectivity index (χ1v) is 10.5. The number of para-hydroxylation sites is 1. The summed E-state index contributed by atoms with van der Waals surface area (Å²) in [5.74, 6) is -2.26. The van der Waals surface area contributed by atoms with E-state index in [1.54, 1.807) is 61.5 Å². The van der Waals surface area contributed by atoms with Crippen molar-refractivity contribution in [3.05, 3.63) is 93.5 Å². The van der Waals surface area contributed by atoms with E-state index in [1.165, 1.54) is 6.07 Å². The lowest BCUT2D eigenvalue weighted by atomic mass is 10.1. The molecule has 0 bridgehead atoms. The molecule has 3 rings (SSSR count). The monoisotopic (exact) mass is 483 g/mol. The van der Waals surface area contributed by atoms with Gasteiger partial charge in [-0.1, -0.05) is 59.1 Å². The molecule has 0 atom stereocenters. The molecule has 3 aromatic rings. The van der Waals surface area contributed by atoms with E-state index >= 15 is 0 Å². The van der Waals surface area contributed by atoms with Gasteiger partial charge in [0.05, 0.1) is 27.0 Å². The van der Waals surface area contributed by atoms with Gasteiger partial charge in [0.1, 0.15) is 5.75 Å². The van der Waals surface area contributed by atoms with Gasteiger partial charge in [-0.2, -0.15) is 5.10 Å². The van der Waals surface area contributed by atoms with Gasteiger partial charge in [0.15, 0.2) is 0 Å². The second-order valence-corrected chi connectivity index (χ2v) is 7.73. The molecule has 2 amide bonds. The van der Waals surface area contributed by atoms with Crippen LogP contribution in [-0.2, 0) is 9.59 Å². The smallest absolute Gasteiger partial charge is 0.343 e. The van der Waals surface area contributed by atoms with Gasteiger partial charge in [-0.05, 0) is 50.2 Å². The summed E-state index contributed by atoms with van der Waals surface area (Å²) in [4.78, 5) is 36.8. The maximum atomic E-state index is 12.5. The van der Waals surface area contributed by atoms with E-state index in [1.807, 2.05) is 13.0 Å². The number of hydrazone groups is 1. The van der Waals surface area contributed by atoms with Crippen molar-refractivity contribution in [2.75, 3.05) is 5.32 Å². The molecule has 0 heterocycles. The number of amides is 2. The predicted molar refractivity (Wildman–Crippen MR) is 128 cm³/mol. The minimum Gasteiger partial charge on any atom is -0.422 e. The highest BCUT2D eigenvalue weighted by Gasteiger charge is 2.17. The topological polar surface area (TPSA) is 96.9 Å². The molecule has 0 saturated heterocycles. The van der Waals surface area contributed by atoms with Crippen molar-refractivity contribution in [3.8, 4) is 5.75 Å². The zero-order chi connectivity index (χ0) is 24.0. The van der Waals surface area contributed by atoms with Crippen LogP contribution in [0.15, 0.2) is 71.8 Å². The molecular weight excluding hydrogens is 465 g/mol. The van der Waals surface area contributed by atoms with Crippen molar-refractivity contribution in [2.45, 2.75) is 13.8 Å². The number of anilines is 1. The Labute approximate surface area is 200 Å². The standard InChI is InChI=1S/C24H19Cl2N3O4/c1-14-7-5-8-16(13-14)24(32)33-20-12-4-3-9-17(20)15(2)28-29-23(31)22(30)27-19-11-6-10-18(25)21(19)26/h3-13H,1-2H3,(H,27,30)(H,29,31)/b28-15+. The van der Waals surface area contributed by atoms with Crippen LogP contribution in [0, 0.1) is 6.92 Å². The molecule has 0 aromatic heterocycles. The first-order valence-electron chi connectivity index (χ1n) is 9.74. The summed E-state index contributed by atoms with van der Waals surface area (Å²) in [5, 5.41) is 6.68. The predicted octanol–water partition coefficient (Wildman–Crippen LogP) is 5.00. The first kappa shape index (κ1) is 24.0. The van der Waals surface area contributed by atoms with Crippen LogP contribution in [0.1, 0.15) is 28.4 Å². The van der Waals surface area contributed by atoms with Crippen molar-refractivity contribution in [3.63, 3.8) is 0 Å². The maximum Gasteiger partial charge on any atom is 0.343 e. The number of benzene rings is 3. The van der Waals surface area contributed by atoms with Gasteiger partial charge in [0.25, 0.3) is 0 Å². The van der Waals surface area contributed by atoms with Crippen molar-refractivity contribution in [1.29, 1.82) is 0 Å². The molecule has 9 heteroatoms. The van der Waals surface area contributed by atoms with E-state index in [-0.39, 0.29) is 21.5 Å². The number of carbonyl (C=O) groups is 3. The average molecular weight is 484 g/mol. The van der Waals surface area contributed by atoms with E-state index in [2.05, 4.69) is 15.8 Å². The molecule has 0 saturated carbocycles. The second-order valence-electron chi connectivity index (χ2n) is 6.95. The highest BCUT2D eigenvalue weighted by Crippen LogP contribution is 2.29. The zero-order valence-corrected chi connectivity index (χ0v) is 19.2. The minimum atomic E-state index is -1.01. The van der Waals surface area contributed by atoms with Crippen molar-refractivity contribution in [2.24, 2.45) is 5.10 Å². The van der Waals surface area contributed by atoms with E-state index < -0.39 is 17.8 Å². The number of aryl methyl sites for hydroxylation is 1. The number of hydrogen-bond donors (Lipinski definition) is 2. The van der Waals surface area contributed by atoms with Crippen LogP contribution < -0.4 is 15.5 Å². The first-order chi connectivity index (χ1) is 15.8. The Hall–Kier alpha value is -3.68. The van der Waals surface area contributed by atoms with Gasteiger partial charge in [0, 0.05) is 5.56 Å². The van der Waals surface area contributed by atoms with Crippen LogP contribution >= 0.6 is 23.2 Å². The Morgan fingerprint density at radius 3 is 2.39 bits per heavy atom. The number of ether oxygens (including phenoxy) is 1. The molecule has 0 aliphatic heterocycles. The second kappa shape index (κ2) is 10.8. The average Bonchev–Trinajstić information content (AvgIpc) is 2.80. The molecule has 0 fully saturated rings. The third kappa shape index (κ3) is 6.19. The van der Waals surface area contributed by atoms with Gasteiger partial charge in [-0.15, -0.1) is 0 Å². The lowest BCUT2D eigenvalue weighted by Gasteiger charge is -2.11. The molecular formula is C24H19Cl2N3O4. The summed E-state index contributed by atoms with van der Waals surface area (Å²) >= 11 is 11.9. The van der Waals surface area contributed by atoms with Crippen LogP contribution in [0.2, 0.25) is 10.0 Å². The summed E-state index contributed by atoms with van der Waals surface area (Å²) in [6.45, 7) is 3.48. The summed E-state index contributed by atoms with van der Waals surface area (Å²) in [5.41, 5.74) is 4.49. The number of nitrogens with one attached hydrogen (secondary N) is 2. The molecule has 0 spiro atoms. The van der Waals surface area contributed by atoms with E-state index in [9.17, 15) is 14.4 Å². The van der Waals surface area contributed by atoms with Crippen LogP contribution in [0.4, 0.5) is 5.69 Å². The lowest BCUT2D eigenvalue weighted by Crippen LogP contribution is -2.33. The SMILES string of the molecule is C/C(=N\NC(=O)C(=O)Nc1cccc(Cl)c1Cl)c1ccccc1OC(=O)c1cccc(C)c1. The summed E-state index contributed by atoms with van der Waals surface area (Å²) < 4.78 is 5.53. The third-order valence-corrected chi connectivity index (χ3v) is 5.28. The van der Waals surface area contributed by atoms with Gasteiger partial charge in [0.2, 0.25) is 0 Å². The molecule has 0 aliphatic rings. The Balaban J connectivity index is 1.70. The molecule has 0 aliphatic carbocycles. The number of carbonyl (C=O) groups excluding carboxylic acids is 3. The van der Waals surface area contributed by atoms with E-state index in [0.29, 0.717) is 16.8 Å². The molecule has 0 unspecified atom stereocenters. The Morgan fingerprint density at radius 2 is 1.64 bits per heavy atom. The number of esters is 1. The fourth-order valence-corrected chi connectivity index (χ4v) is 3.16. The molecule has 3 aromatic carbocycles. The number of hydrogen-bond acceptors (Lipinski definition) is 5. The quantitative estimate of drug-likeness (QED) is 0.175. The normalized spacial score (nSPS) is 11.0. The third-order valence-electron chi connectivity index (χ3n) is 4.46. The van der Waals surface area contributed by atoms with Crippen LogP contribution in [0.5, 0.6) is 5.75 Å². The molecule has 33 heavy (non-hydrogen) atoms. The van der Waals surface area contributed by atoms with Crippen LogP contribution in [0.3, 0.4) is 0 Å². The highest BCUT2D eigenvalue weighted by molar-refractivity contribution is 6.45. The van der Waals surface area contributed by atoms with Crippen molar-refractivity contribution < 1.29 is 19.1 Å². The van der Waals surface area contributed by atoms with Crippen LogP contribution in [-0.4, -0.2) is 23.5 Å². The summed E-state index contributed by atoms with van der Waals surface area (Å²) in [7, 11) is 0. The minimum absolute atomic E-state index is 0.115. The molecule has 2 N–H and O–H groups in total. The Morgan fingerprint density at radius 1 is 0.909 bits per heavy atom. The van der Waals surface area contributed by atoms with Gasteiger partial charge in [-0.3, -0.25) is 9.59 Å². The van der Waals surface area contributed by atoms with Crippen molar-refractivity contribution >= 4 is 52.4 Å². The highest BCUT2D eigenvalue weighted by atomic mass is 35.5. The molecule has 0 radical (unpaired) electrons. The Bertz CT molecular complexity index is 1260. The van der Waals surface area contributed by atoms with Gasteiger partial charge >= 0.3 is 17.8 Å². The molecule has 7 nitrogen and oxygen atoms in total. The zero-order valence-electron chi connectivity index (χ0n) is 17.7. The number of halogens is 2. The van der Waals surface area contributed by atoms with E-state index in [4.69, 9.17) is 27.9 Å². The summed E-state index contributed by atoms with van der Waals surface area (Å²) in [6.07, 6.45) is 0. The maximum absolute atomic E-state index is 12.5. The van der Waals surface area contributed by atoms with E-state index in [0.717, 1.165) is 5.56 Å². The number of rotatable bonds is 5. The Kier molecular flexibility index (Phi) is 7.82. The molecule has 168 valence electrons. The van der Waals surface area contributed by atoms with Crippen LogP contribution in [0.25, 0.3) is 0 Å². The summed E-state index contributed by atoms with van der Waals surface area (Å²) in [6, 6.07) is 18.4. The van der Waals surface area contributed by atoms with Gasteiger partial charge < -0.3 is 10.1 Å². The number of nitrogens with zero attached hydrogens (tertiary/aromatic N) is 1. The van der Waals surface area contributed by atoms with Gasteiger partial charge in [-0.25, -0.2) is 10.2 Å². The fourth-order valence-electron chi connectivity index (χ4n) is 2.81. The lowest BCUT2D eigenvalue weighted by molar-refractivity contribution is -0.136. The largest absolute Gasteiger partial charge is 0.422 e. The fraction of sp³-hybridized carbons (Fsp3) is 0.0833.